The quantitative estimate of drug-likeness (QED) is 0.406. The topological polar surface area (TPSA) is 108 Å². The molecule has 1 amide bonds. The van der Waals surface area contributed by atoms with Crippen LogP contribution in [-0.2, 0) is 14.4 Å². The van der Waals surface area contributed by atoms with E-state index < -0.39 is 37.1 Å². The third-order valence-electron chi connectivity index (χ3n) is 2.05. The predicted octanol–water partition coefficient (Wildman–Crippen LogP) is -2.12. The third-order valence-corrected chi connectivity index (χ3v) is 2.05. The largest absolute Gasteiger partial charge is 0.394 e. The summed E-state index contributed by atoms with van der Waals surface area (Å²) in [5.41, 5.74) is 2.06. The number of hydrogen-bond acceptors (Lipinski definition) is 6. The standard InChI is InChI=1S/C8H15NO6/c1-4(11)9-15-7-2-5(12)8(13)6(3-10)14-7/h5-8,10,12-13H,2-3H2,1H3,(H,9,11)/t5-,6-,7+,8+/m1/s1. The van der Waals surface area contributed by atoms with Gasteiger partial charge in [-0.15, -0.1) is 0 Å². The van der Waals surface area contributed by atoms with E-state index in [4.69, 9.17) is 14.7 Å². The molecule has 0 aromatic rings. The van der Waals surface area contributed by atoms with Crippen LogP contribution < -0.4 is 5.48 Å². The van der Waals surface area contributed by atoms with Gasteiger partial charge < -0.3 is 20.1 Å². The minimum absolute atomic E-state index is 0.0257. The number of amides is 1. The van der Waals surface area contributed by atoms with E-state index in [1.54, 1.807) is 0 Å². The van der Waals surface area contributed by atoms with E-state index in [0.29, 0.717) is 0 Å². The zero-order valence-corrected chi connectivity index (χ0v) is 8.29. The molecule has 0 aliphatic carbocycles. The molecule has 0 spiro atoms. The van der Waals surface area contributed by atoms with Crippen molar-refractivity contribution in [2.75, 3.05) is 6.61 Å². The lowest BCUT2D eigenvalue weighted by Gasteiger charge is -2.35. The van der Waals surface area contributed by atoms with Gasteiger partial charge in [-0.2, -0.15) is 0 Å². The van der Waals surface area contributed by atoms with Crippen LogP contribution in [0.4, 0.5) is 0 Å². The smallest absolute Gasteiger partial charge is 0.240 e. The van der Waals surface area contributed by atoms with E-state index in [9.17, 15) is 15.0 Å². The van der Waals surface area contributed by atoms with Crippen LogP contribution in [-0.4, -0.2) is 52.4 Å². The van der Waals surface area contributed by atoms with Gasteiger partial charge >= 0.3 is 0 Å². The van der Waals surface area contributed by atoms with Crippen molar-refractivity contribution in [2.24, 2.45) is 0 Å². The zero-order chi connectivity index (χ0) is 11.4. The molecule has 0 saturated carbocycles. The van der Waals surface area contributed by atoms with Crippen LogP contribution in [0.15, 0.2) is 0 Å². The Hall–Kier alpha value is -0.730. The highest BCUT2D eigenvalue weighted by Crippen LogP contribution is 2.20. The van der Waals surface area contributed by atoms with Crippen molar-refractivity contribution in [1.82, 2.24) is 5.48 Å². The molecule has 4 N–H and O–H groups in total. The Bertz CT molecular complexity index is 223. The van der Waals surface area contributed by atoms with Gasteiger partial charge in [-0.25, -0.2) is 10.3 Å². The van der Waals surface area contributed by atoms with Crippen LogP contribution in [0.2, 0.25) is 0 Å². The lowest BCUT2D eigenvalue weighted by atomic mass is 10.0. The third kappa shape index (κ3) is 3.40. The molecule has 0 aromatic heterocycles. The molecule has 1 saturated heterocycles. The Kier molecular flexibility index (Phi) is 4.43. The van der Waals surface area contributed by atoms with Crippen LogP contribution >= 0.6 is 0 Å². The number of ether oxygens (including phenoxy) is 1. The number of rotatable bonds is 3. The summed E-state index contributed by atoms with van der Waals surface area (Å²) in [6, 6.07) is 0. The second kappa shape index (κ2) is 5.38. The van der Waals surface area contributed by atoms with Crippen LogP contribution in [0.5, 0.6) is 0 Å². The Morgan fingerprint density at radius 3 is 2.80 bits per heavy atom. The maximum Gasteiger partial charge on any atom is 0.240 e. The molecule has 7 nitrogen and oxygen atoms in total. The number of hydroxylamine groups is 1. The number of aliphatic hydroxyl groups is 3. The van der Waals surface area contributed by atoms with Gasteiger partial charge in [0, 0.05) is 13.3 Å². The average Bonchev–Trinajstić information content (AvgIpc) is 2.19. The van der Waals surface area contributed by atoms with E-state index >= 15 is 0 Å². The normalized spacial score (nSPS) is 36.3. The first kappa shape index (κ1) is 12.3. The Labute approximate surface area is 86.6 Å². The molecule has 0 unspecified atom stereocenters. The SMILES string of the molecule is CC(=O)NO[C@H]1C[C@@H](O)[C@H](O)[C@@H](CO)O1. The molecule has 1 fully saturated rings. The summed E-state index contributed by atoms with van der Waals surface area (Å²) in [4.78, 5) is 15.3. The fourth-order valence-corrected chi connectivity index (χ4v) is 1.29. The molecule has 15 heavy (non-hydrogen) atoms. The Morgan fingerprint density at radius 1 is 1.60 bits per heavy atom. The molecule has 0 aromatic carbocycles. The summed E-state index contributed by atoms with van der Waals surface area (Å²) < 4.78 is 5.07. The van der Waals surface area contributed by atoms with Gasteiger partial charge in [-0.1, -0.05) is 0 Å². The molecule has 88 valence electrons. The molecule has 1 aliphatic rings. The van der Waals surface area contributed by atoms with Gasteiger partial charge in [0.2, 0.25) is 5.91 Å². The number of aliphatic hydroxyl groups excluding tert-OH is 3. The zero-order valence-electron chi connectivity index (χ0n) is 8.29. The van der Waals surface area contributed by atoms with Crippen molar-refractivity contribution in [3.8, 4) is 0 Å². The van der Waals surface area contributed by atoms with Crippen LogP contribution in [0.3, 0.4) is 0 Å². The molecule has 1 rings (SSSR count). The van der Waals surface area contributed by atoms with Crippen molar-refractivity contribution in [2.45, 2.75) is 37.9 Å². The first-order valence-corrected chi connectivity index (χ1v) is 4.59. The molecule has 0 radical (unpaired) electrons. The minimum atomic E-state index is -1.15. The summed E-state index contributed by atoms with van der Waals surface area (Å²) in [5.74, 6) is -0.403. The van der Waals surface area contributed by atoms with E-state index in [2.05, 4.69) is 5.48 Å². The summed E-state index contributed by atoms with van der Waals surface area (Å²) in [5, 5.41) is 27.6. The summed E-state index contributed by atoms with van der Waals surface area (Å²) in [6.45, 7) is 0.829. The monoisotopic (exact) mass is 221 g/mol. The predicted molar refractivity (Wildman–Crippen MR) is 47.3 cm³/mol. The highest BCUT2D eigenvalue weighted by Gasteiger charge is 2.37. The van der Waals surface area contributed by atoms with Gasteiger partial charge in [0.25, 0.3) is 0 Å². The molecule has 1 aliphatic heterocycles. The second-order valence-corrected chi connectivity index (χ2v) is 3.36. The van der Waals surface area contributed by atoms with Gasteiger partial charge in [-0.3, -0.25) is 4.79 Å². The van der Waals surface area contributed by atoms with E-state index in [0.717, 1.165) is 0 Å². The second-order valence-electron chi connectivity index (χ2n) is 3.36. The van der Waals surface area contributed by atoms with Crippen molar-refractivity contribution in [3.05, 3.63) is 0 Å². The van der Waals surface area contributed by atoms with E-state index in [1.807, 2.05) is 0 Å². The van der Waals surface area contributed by atoms with Gasteiger partial charge in [0.15, 0.2) is 6.29 Å². The van der Waals surface area contributed by atoms with E-state index in [-0.39, 0.29) is 6.42 Å². The number of carbonyl (C=O) groups excluding carboxylic acids is 1. The van der Waals surface area contributed by atoms with Crippen molar-refractivity contribution in [1.29, 1.82) is 0 Å². The Balaban J connectivity index is 2.44. The highest BCUT2D eigenvalue weighted by atomic mass is 16.8. The van der Waals surface area contributed by atoms with Crippen molar-refractivity contribution < 1.29 is 29.7 Å². The molecule has 1 heterocycles. The van der Waals surface area contributed by atoms with Crippen LogP contribution in [0, 0.1) is 0 Å². The fourth-order valence-electron chi connectivity index (χ4n) is 1.29. The molecule has 4 atom stereocenters. The van der Waals surface area contributed by atoms with Crippen LogP contribution in [0.1, 0.15) is 13.3 Å². The summed E-state index contributed by atoms with van der Waals surface area (Å²) >= 11 is 0. The molecular formula is C8H15NO6. The van der Waals surface area contributed by atoms with Crippen molar-refractivity contribution >= 4 is 5.91 Å². The highest BCUT2D eigenvalue weighted by molar-refractivity contribution is 5.71. The fraction of sp³-hybridized carbons (Fsp3) is 0.875. The molecular weight excluding hydrogens is 206 g/mol. The lowest BCUT2D eigenvalue weighted by molar-refractivity contribution is -0.271. The lowest BCUT2D eigenvalue weighted by Crippen LogP contribution is -2.51. The minimum Gasteiger partial charge on any atom is -0.394 e. The van der Waals surface area contributed by atoms with Crippen molar-refractivity contribution in [3.63, 3.8) is 0 Å². The maximum absolute atomic E-state index is 10.5. The van der Waals surface area contributed by atoms with Gasteiger partial charge in [0.05, 0.1) is 12.7 Å². The number of carbonyl (C=O) groups is 1. The summed E-state index contributed by atoms with van der Waals surface area (Å²) in [7, 11) is 0. The Morgan fingerprint density at radius 2 is 2.27 bits per heavy atom. The number of nitrogens with one attached hydrogen (secondary N) is 1. The van der Waals surface area contributed by atoms with E-state index in [1.165, 1.54) is 6.92 Å². The average molecular weight is 221 g/mol. The maximum atomic E-state index is 10.5. The van der Waals surface area contributed by atoms with Gasteiger partial charge in [-0.05, 0) is 0 Å². The summed E-state index contributed by atoms with van der Waals surface area (Å²) in [6.07, 6.45) is -3.95. The first-order valence-electron chi connectivity index (χ1n) is 4.59. The number of hydrogen-bond donors (Lipinski definition) is 4. The first-order chi connectivity index (χ1) is 7.04. The molecule has 0 bridgehead atoms. The van der Waals surface area contributed by atoms with Crippen LogP contribution in [0.25, 0.3) is 0 Å². The van der Waals surface area contributed by atoms with Gasteiger partial charge in [0.1, 0.15) is 12.2 Å². The molecule has 7 heteroatoms.